The van der Waals surface area contributed by atoms with E-state index in [4.69, 9.17) is 4.74 Å². The second-order valence-corrected chi connectivity index (χ2v) is 6.86. The Hall–Kier alpha value is -0.830. The molecule has 0 aliphatic carbocycles. The van der Waals surface area contributed by atoms with Crippen LogP contribution >= 0.6 is 0 Å². The monoisotopic (exact) mass is 325 g/mol. The van der Waals surface area contributed by atoms with Crippen molar-refractivity contribution in [3.8, 4) is 0 Å². The van der Waals surface area contributed by atoms with E-state index in [-0.39, 0.29) is 5.97 Å². The lowest BCUT2D eigenvalue weighted by Gasteiger charge is -2.30. The summed E-state index contributed by atoms with van der Waals surface area (Å²) in [6.45, 7) is 12.4. The molecule has 0 aromatic rings. The minimum Gasteiger partial charge on any atom is -0.441 e. The fraction of sp³-hybridized carbons (Fsp3) is 0.850. The first kappa shape index (κ1) is 22.2. The van der Waals surface area contributed by atoms with Crippen LogP contribution in [0.2, 0.25) is 0 Å². The number of hydrogen-bond donors (Lipinski definition) is 1. The third-order valence-electron chi connectivity index (χ3n) is 4.22. The number of rotatable bonds is 15. The van der Waals surface area contributed by atoms with Gasteiger partial charge in [0.05, 0.1) is 0 Å². The van der Waals surface area contributed by atoms with E-state index in [1.54, 1.807) is 6.92 Å². The van der Waals surface area contributed by atoms with Crippen molar-refractivity contribution in [1.82, 2.24) is 5.32 Å². The van der Waals surface area contributed by atoms with Crippen LogP contribution in [0.25, 0.3) is 0 Å². The summed E-state index contributed by atoms with van der Waals surface area (Å²) in [7, 11) is 0. The van der Waals surface area contributed by atoms with Gasteiger partial charge in [0.1, 0.15) is 0 Å². The van der Waals surface area contributed by atoms with E-state index in [1.807, 2.05) is 13.8 Å². The standard InChI is InChI=1S/C20H39NO2/c1-6-8-9-10-11-12-13-14-15-16-17-20(5,21-7-2)23-19(22)18(3)4/h21H,3,6-17H2,1-2,4-5H3. The van der Waals surface area contributed by atoms with Crippen LogP contribution in [0.5, 0.6) is 0 Å². The molecule has 1 atom stereocenters. The van der Waals surface area contributed by atoms with E-state index in [0.717, 1.165) is 19.4 Å². The molecule has 0 aliphatic rings. The molecule has 0 aromatic heterocycles. The van der Waals surface area contributed by atoms with Crippen molar-refractivity contribution in [3.63, 3.8) is 0 Å². The molecule has 0 aliphatic heterocycles. The van der Waals surface area contributed by atoms with Gasteiger partial charge in [-0.25, -0.2) is 4.79 Å². The summed E-state index contributed by atoms with van der Waals surface area (Å²) in [6, 6.07) is 0. The lowest BCUT2D eigenvalue weighted by molar-refractivity contribution is -0.157. The number of esters is 1. The Morgan fingerprint density at radius 3 is 1.87 bits per heavy atom. The summed E-state index contributed by atoms with van der Waals surface area (Å²) < 4.78 is 5.57. The van der Waals surface area contributed by atoms with Crippen LogP contribution in [-0.2, 0) is 9.53 Å². The topological polar surface area (TPSA) is 38.3 Å². The van der Waals surface area contributed by atoms with Crippen molar-refractivity contribution >= 4 is 5.97 Å². The van der Waals surface area contributed by atoms with Gasteiger partial charge in [0.25, 0.3) is 0 Å². The third-order valence-corrected chi connectivity index (χ3v) is 4.22. The van der Waals surface area contributed by atoms with E-state index in [0.29, 0.717) is 5.57 Å². The summed E-state index contributed by atoms with van der Waals surface area (Å²) in [5, 5.41) is 3.29. The molecule has 1 N–H and O–H groups in total. The van der Waals surface area contributed by atoms with Crippen LogP contribution < -0.4 is 5.32 Å². The fourth-order valence-corrected chi connectivity index (χ4v) is 2.79. The highest BCUT2D eigenvalue weighted by atomic mass is 16.6. The van der Waals surface area contributed by atoms with Crippen LogP contribution in [0.15, 0.2) is 12.2 Å². The first-order valence-electron chi connectivity index (χ1n) is 9.59. The molecule has 0 bridgehead atoms. The van der Waals surface area contributed by atoms with Crippen molar-refractivity contribution in [3.05, 3.63) is 12.2 Å². The molecular weight excluding hydrogens is 286 g/mol. The molecule has 0 radical (unpaired) electrons. The highest BCUT2D eigenvalue weighted by molar-refractivity contribution is 5.87. The first-order chi connectivity index (χ1) is 10.9. The van der Waals surface area contributed by atoms with Gasteiger partial charge in [0.2, 0.25) is 0 Å². The molecule has 3 nitrogen and oxygen atoms in total. The van der Waals surface area contributed by atoms with Crippen molar-refractivity contribution < 1.29 is 9.53 Å². The van der Waals surface area contributed by atoms with E-state index in [9.17, 15) is 4.79 Å². The highest BCUT2D eigenvalue weighted by Gasteiger charge is 2.27. The SMILES string of the molecule is C=C(C)C(=O)OC(C)(CCCCCCCCCCCC)NCC. The maximum atomic E-state index is 11.8. The quantitative estimate of drug-likeness (QED) is 0.180. The lowest BCUT2D eigenvalue weighted by atomic mass is 10.0. The normalized spacial score (nSPS) is 13.6. The average Bonchev–Trinajstić information content (AvgIpc) is 2.49. The Labute approximate surface area is 144 Å². The molecule has 0 saturated heterocycles. The van der Waals surface area contributed by atoms with Gasteiger partial charge >= 0.3 is 5.97 Å². The Morgan fingerprint density at radius 1 is 0.957 bits per heavy atom. The molecule has 3 heteroatoms. The maximum Gasteiger partial charge on any atom is 0.334 e. The maximum absolute atomic E-state index is 11.8. The molecule has 0 rings (SSSR count). The van der Waals surface area contributed by atoms with Gasteiger partial charge in [-0.05, 0) is 26.8 Å². The lowest BCUT2D eigenvalue weighted by Crippen LogP contribution is -2.46. The minimum atomic E-state index is -0.565. The predicted octanol–water partition coefficient (Wildman–Crippen LogP) is 5.74. The van der Waals surface area contributed by atoms with Crippen molar-refractivity contribution in [2.24, 2.45) is 0 Å². The van der Waals surface area contributed by atoms with Crippen LogP contribution in [0, 0.1) is 0 Å². The average molecular weight is 326 g/mol. The van der Waals surface area contributed by atoms with Crippen LogP contribution in [0.3, 0.4) is 0 Å². The zero-order valence-electron chi connectivity index (χ0n) is 16.0. The number of unbranched alkanes of at least 4 members (excludes halogenated alkanes) is 9. The molecule has 0 heterocycles. The van der Waals surface area contributed by atoms with Crippen molar-refractivity contribution in [1.29, 1.82) is 0 Å². The molecule has 136 valence electrons. The van der Waals surface area contributed by atoms with Gasteiger partial charge in [-0.1, -0.05) is 78.2 Å². The second-order valence-electron chi connectivity index (χ2n) is 6.86. The molecule has 0 saturated carbocycles. The summed E-state index contributed by atoms with van der Waals surface area (Å²) >= 11 is 0. The Kier molecular flexibility index (Phi) is 13.1. The summed E-state index contributed by atoms with van der Waals surface area (Å²) in [6.07, 6.45) is 14.0. The Morgan fingerprint density at radius 2 is 1.43 bits per heavy atom. The van der Waals surface area contributed by atoms with Gasteiger partial charge in [-0.15, -0.1) is 0 Å². The number of carbonyl (C=O) groups excluding carboxylic acids is 1. The smallest absolute Gasteiger partial charge is 0.334 e. The summed E-state index contributed by atoms with van der Waals surface area (Å²) in [5.74, 6) is -0.305. The fourth-order valence-electron chi connectivity index (χ4n) is 2.79. The predicted molar refractivity (Wildman–Crippen MR) is 99.4 cm³/mol. The summed E-state index contributed by atoms with van der Waals surface area (Å²) in [4.78, 5) is 11.8. The largest absolute Gasteiger partial charge is 0.441 e. The van der Waals surface area contributed by atoms with Gasteiger partial charge in [-0.3, -0.25) is 5.32 Å². The molecule has 0 fully saturated rings. The zero-order valence-corrected chi connectivity index (χ0v) is 16.0. The van der Waals surface area contributed by atoms with E-state index >= 15 is 0 Å². The summed E-state index contributed by atoms with van der Waals surface area (Å²) in [5.41, 5.74) is -0.109. The van der Waals surface area contributed by atoms with Crippen LogP contribution in [-0.4, -0.2) is 18.2 Å². The third kappa shape index (κ3) is 12.3. The van der Waals surface area contributed by atoms with Crippen molar-refractivity contribution in [2.75, 3.05) is 6.54 Å². The molecule has 0 amide bonds. The van der Waals surface area contributed by atoms with Crippen LogP contribution in [0.1, 0.15) is 98.3 Å². The molecule has 23 heavy (non-hydrogen) atoms. The van der Waals surface area contributed by atoms with E-state index < -0.39 is 5.72 Å². The van der Waals surface area contributed by atoms with Crippen molar-refractivity contribution in [2.45, 2.75) is 104 Å². The van der Waals surface area contributed by atoms with E-state index in [1.165, 1.54) is 57.8 Å². The molecular formula is C20H39NO2. The minimum absolute atomic E-state index is 0.305. The number of carbonyl (C=O) groups is 1. The number of hydrogen-bond acceptors (Lipinski definition) is 3. The first-order valence-corrected chi connectivity index (χ1v) is 9.59. The van der Waals surface area contributed by atoms with Gasteiger partial charge in [0, 0.05) is 12.0 Å². The van der Waals surface area contributed by atoms with E-state index in [2.05, 4.69) is 18.8 Å². The number of nitrogens with one attached hydrogen (secondary N) is 1. The molecule has 0 spiro atoms. The Bertz CT molecular complexity index is 328. The molecule has 1 unspecified atom stereocenters. The van der Waals surface area contributed by atoms with Crippen LogP contribution in [0.4, 0.5) is 0 Å². The van der Waals surface area contributed by atoms with Gasteiger partial charge in [-0.2, -0.15) is 0 Å². The number of ether oxygens (including phenoxy) is 1. The zero-order chi connectivity index (χ0) is 17.6. The Balaban J connectivity index is 3.79. The second kappa shape index (κ2) is 13.6. The highest BCUT2D eigenvalue weighted by Crippen LogP contribution is 2.19. The van der Waals surface area contributed by atoms with Gasteiger partial charge < -0.3 is 4.74 Å². The van der Waals surface area contributed by atoms with Gasteiger partial charge in [0.15, 0.2) is 5.72 Å². The molecule has 0 aromatic carbocycles.